The van der Waals surface area contributed by atoms with Gasteiger partial charge in [0, 0.05) is 18.7 Å². The van der Waals surface area contributed by atoms with Crippen LogP contribution in [0.2, 0.25) is 0 Å². The van der Waals surface area contributed by atoms with Crippen molar-refractivity contribution < 1.29 is 4.52 Å². The second-order valence-corrected chi connectivity index (χ2v) is 11.2. The van der Waals surface area contributed by atoms with Gasteiger partial charge in [0.05, 0.1) is 6.61 Å². The molecule has 0 amide bonds. The molecule has 0 N–H and O–H groups in total. The van der Waals surface area contributed by atoms with Gasteiger partial charge in [0.15, 0.2) is 0 Å². The fourth-order valence-electron chi connectivity index (χ4n) is 2.00. The molecular formula is C13H26NOPS. The fraction of sp³-hybridized carbons (Fsp3) is 0.846. The minimum absolute atomic E-state index is 0.0636. The Labute approximate surface area is 112 Å². The summed E-state index contributed by atoms with van der Waals surface area (Å²) in [5.74, 6) is 0. The van der Waals surface area contributed by atoms with Crippen molar-refractivity contribution in [1.82, 2.24) is 4.67 Å². The molecule has 0 aromatic heterocycles. The van der Waals surface area contributed by atoms with Crippen LogP contribution >= 0.6 is 6.42 Å². The Morgan fingerprint density at radius 2 is 1.76 bits per heavy atom. The maximum absolute atomic E-state index is 6.05. The van der Waals surface area contributed by atoms with E-state index in [0.717, 1.165) is 6.54 Å². The Balaban J connectivity index is 3.03. The van der Waals surface area contributed by atoms with Crippen LogP contribution in [0.15, 0.2) is 11.6 Å². The van der Waals surface area contributed by atoms with Gasteiger partial charge < -0.3 is 4.52 Å². The first-order valence-corrected chi connectivity index (χ1v) is 9.26. The summed E-state index contributed by atoms with van der Waals surface area (Å²) in [6.07, 6.45) is 0.454. The average Bonchev–Trinajstić information content (AvgIpc) is 2.20. The SMILES string of the molecule is CC(C)(C)C1=CCN(C(C)(C)C)P(C)(=S)OC1. The van der Waals surface area contributed by atoms with Crippen molar-refractivity contribution in [1.29, 1.82) is 0 Å². The van der Waals surface area contributed by atoms with Gasteiger partial charge in [-0.15, -0.1) is 0 Å². The third-order valence-electron chi connectivity index (χ3n) is 3.15. The van der Waals surface area contributed by atoms with Gasteiger partial charge >= 0.3 is 0 Å². The molecule has 1 unspecified atom stereocenters. The minimum Gasteiger partial charge on any atom is -0.333 e. The van der Waals surface area contributed by atoms with Crippen LogP contribution in [0.25, 0.3) is 0 Å². The van der Waals surface area contributed by atoms with E-state index in [1.54, 1.807) is 0 Å². The molecule has 0 aromatic rings. The van der Waals surface area contributed by atoms with Crippen molar-refractivity contribution in [3.05, 3.63) is 11.6 Å². The monoisotopic (exact) mass is 275 g/mol. The predicted molar refractivity (Wildman–Crippen MR) is 80.2 cm³/mol. The van der Waals surface area contributed by atoms with Crippen molar-refractivity contribution in [3.8, 4) is 0 Å². The summed E-state index contributed by atoms with van der Waals surface area (Å²) in [5, 5.41) is 0. The van der Waals surface area contributed by atoms with E-state index in [2.05, 4.69) is 59.0 Å². The van der Waals surface area contributed by atoms with E-state index in [0.29, 0.717) is 6.61 Å². The lowest BCUT2D eigenvalue weighted by molar-refractivity contribution is 0.248. The molecule has 0 aliphatic carbocycles. The topological polar surface area (TPSA) is 12.5 Å². The van der Waals surface area contributed by atoms with Gasteiger partial charge in [-0.2, -0.15) is 0 Å². The van der Waals surface area contributed by atoms with E-state index in [1.807, 2.05) is 0 Å². The number of hydrogen-bond acceptors (Lipinski definition) is 2. The highest BCUT2D eigenvalue weighted by Gasteiger charge is 2.34. The lowest BCUT2D eigenvalue weighted by atomic mass is 9.86. The molecule has 1 rings (SSSR count). The molecule has 1 heterocycles. The highest BCUT2D eigenvalue weighted by Crippen LogP contribution is 2.53. The molecule has 0 fully saturated rings. The van der Waals surface area contributed by atoms with Gasteiger partial charge in [0.1, 0.15) is 6.42 Å². The van der Waals surface area contributed by atoms with Crippen molar-refractivity contribution in [2.45, 2.75) is 47.1 Å². The second-order valence-electron chi connectivity index (χ2n) is 6.81. The Kier molecular flexibility index (Phi) is 4.31. The van der Waals surface area contributed by atoms with Crippen LogP contribution in [0.4, 0.5) is 0 Å². The molecular weight excluding hydrogens is 249 g/mol. The Hall–Kier alpha value is 0.310. The van der Waals surface area contributed by atoms with Crippen LogP contribution in [-0.2, 0) is 16.3 Å². The molecule has 0 aromatic carbocycles. The molecule has 17 heavy (non-hydrogen) atoms. The minimum atomic E-state index is -1.85. The summed E-state index contributed by atoms with van der Waals surface area (Å²) in [4.78, 5) is 0. The van der Waals surface area contributed by atoms with Gasteiger partial charge in [-0.05, 0) is 31.8 Å². The van der Waals surface area contributed by atoms with E-state index in [9.17, 15) is 0 Å². The number of rotatable bonds is 0. The van der Waals surface area contributed by atoms with E-state index in [4.69, 9.17) is 16.3 Å². The number of nitrogens with zero attached hydrogens (tertiary/aromatic N) is 1. The van der Waals surface area contributed by atoms with Gasteiger partial charge in [0.25, 0.3) is 0 Å². The Morgan fingerprint density at radius 1 is 1.24 bits per heavy atom. The second kappa shape index (κ2) is 4.77. The van der Waals surface area contributed by atoms with Crippen molar-refractivity contribution >= 4 is 18.2 Å². The summed E-state index contributed by atoms with van der Waals surface area (Å²) >= 11 is 5.71. The van der Waals surface area contributed by atoms with E-state index in [1.165, 1.54) is 5.57 Å². The van der Waals surface area contributed by atoms with Crippen molar-refractivity contribution in [2.24, 2.45) is 5.41 Å². The molecule has 0 spiro atoms. The van der Waals surface area contributed by atoms with E-state index in [-0.39, 0.29) is 11.0 Å². The highest BCUT2D eigenvalue weighted by atomic mass is 32.4. The van der Waals surface area contributed by atoms with Crippen LogP contribution in [0.5, 0.6) is 0 Å². The molecule has 1 aliphatic rings. The smallest absolute Gasteiger partial charge is 0.130 e. The zero-order valence-electron chi connectivity index (χ0n) is 12.2. The first kappa shape index (κ1) is 15.4. The molecule has 2 nitrogen and oxygen atoms in total. The van der Waals surface area contributed by atoms with Crippen LogP contribution in [0, 0.1) is 5.41 Å². The molecule has 0 radical (unpaired) electrons. The summed E-state index contributed by atoms with van der Waals surface area (Å²) in [7, 11) is 0. The van der Waals surface area contributed by atoms with Crippen LogP contribution in [-0.4, -0.2) is 30.0 Å². The average molecular weight is 275 g/mol. The van der Waals surface area contributed by atoms with Crippen LogP contribution in [0.3, 0.4) is 0 Å². The zero-order chi connectivity index (χ0) is 13.5. The van der Waals surface area contributed by atoms with Gasteiger partial charge in [0.2, 0.25) is 0 Å². The van der Waals surface area contributed by atoms with Crippen molar-refractivity contribution in [2.75, 3.05) is 19.8 Å². The third kappa shape index (κ3) is 3.89. The van der Waals surface area contributed by atoms with Crippen LogP contribution < -0.4 is 0 Å². The largest absolute Gasteiger partial charge is 0.333 e. The maximum Gasteiger partial charge on any atom is 0.130 e. The molecule has 1 atom stereocenters. The van der Waals surface area contributed by atoms with E-state index >= 15 is 0 Å². The lowest BCUT2D eigenvalue weighted by Crippen LogP contribution is -2.38. The standard InChI is InChI=1S/C13H26NOPS/c1-12(2,3)11-8-9-14(13(4,5)6)16(7,17)15-10-11/h8H,9-10H2,1-7H3. The normalized spacial score (nSPS) is 28.8. The molecule has 0 saturated carbocycles. The molecule has 0 bridgehead atoms. The van der Waals surface area contributed by atoms with E-state index < -0.39 is 6.42 Å². The maximum atomic E-state index is 6.05. The lowest BCUT2D eigenvalue weighted by Gasteiger charge is -2.40. The van der Waals surface area contributed by atoms with Gasteiger partial charge in [-0.1, -0.05) is 38.7 Å². The summed E-state index contributed by atoms with van der Waals surface area (Å²) in [6.45, 7) is 17.0. The Morgan fingerprint density at radius 3 is 2.18 bits per heavy atom. The fourth-order valence-corrected chi connectivity index (χ4v) is 5.08. The van der Waals surface area contributed by atoms with Crippen molar-refractivity contribution in [3.63, 3.8) is 0 Å². The molecule has 100 valence electrons. The quantitative estimate of drug-likeness (QED) is 0.489. The first-order valence-electron chi connectivity index (χ1n) is 6.14. The first-order chi connectivity index (χ1) is 7.44. The number of hydrogen-bond donors (Lipinski definition) is 0. The predicted octanol–water partition coefficient (Wildman–Crippen LogP) is 4.03. The summed E-state index contributed by atoms with van der Waals surface area (Å²) in [6, 6.07) is 0. The van der Waals surface area contributed by atoms with Gasteiger partial charge in [-0.25, -0.2) is 4.67 Å². The molecule has 4 heteroatoms. The molecule has 0 saturated heterocycles. The Bertz CT molecular complexity index is 363. The molecule has 1 aliphatic heterocycles. The summed E-state index contributed by atoms with van der Waals surface area (Å²) < 4.78 is 8.39. The third-order valence-corrected chi connectivity index (χ3v) is 6.30. The zero-order valence-corrected chi connectivity index (χ0v) is 13.9. The summed E-state index contributed by atoms with van der Waals surface area (Å²) in [5.41, 5.74) is 1.59. The van der Waals surface area contributed by atoms with Crippen LogP contribution in [0.1, 0.15) is 41.5 Å². The van der Waals surface area contributed by atoms with Gasteiger partial charge in [-0.3, -0.25) is 0 Å². The highest BCUT2D eigenvalue weighted by molar-refractivity contribution is 8.10.